The van der Waals surface area contributed by atoms with E-state index in [0.717, 1.165) is 38.5 Å². The van der Waals surface area contributed by atoms with Crippen LogP contribution < -0.4 is 0 Å². The summed E-state index contributed by atoms with van der Waals surface area (Å²) in [6.45, 7) is 9.84. The zero-order valence-corrected chi connectivity index (χ0v) is 23.6. The third kappa shape index (κ3) is 4.33. The van der Waals surface area contributed by atoms with E-state index in [1.807, 2.05) is 0 Å². The van der Waals surface area contributed by atoms with E-state index in [1.165, 1.54) is 43.8 Å². The van der Waals surface area contributed by atoms with Crippen LogP contribution in [0, 0.1) is 34.5 Å². The van der Waals surface area contributed by atoms with Crippen molar-refractivity contribution >= 4 is 17.7 Å². The predicted molar refractivity (Wildman–Crippen MR) is 142 cm³/mol. The number of rotatable bonds is 6. The number of ketones is 1. The SMILES string of the molecule is CC(=O)O[C@]1(C(C)=O)CC[C@H]2[C@@H]3C=C(C)C4=C[C@@H](OC(=O)CCC5CCCC5)CC[C@]4(C)[C@H]3CC[C@@]21C. The third-order valence-corrected chi connectivity index (χ3v) is 11.5. The van der Waals surface area contributed by atoms with E-state index in [-0.39, 0.29) is 34.7 Å². The van der Waals surface area contributed by atoms with Gasteiger partial charge in [0.05, 0.1) is 0 Å². The Labute approximate surface area is 222 Å². The lowest BCUT2D eigenvalue weighted by Crippen LogP contribution is -2.58. The number of esters is 2. The standard InChI is InChI=1S/C32H46O5/c1-20-18-25-26(13-16-31(5)27(25)14-17-32(31,21(2)33)37-22(3)34)30(4)15-12-24(19-28(20)30)36-29(35)11-10-23-8-6-7-9-23/h18-19,23-27H,6-17H2,1-5H3/t24-,25+,26-,27-,30+,31-,32-/m0/s1. The summed E-state index contributed by atoms with van der Waals surface area (Å²) in [5.41, 5.74) is 1.34. The Hall–Kier alpha value is -1.91. The van der Waals surface area contributed by atoms with Gasteiger partial charge in [-0.15, -0.1) is 0 Å². The number of Topliss-reactive ketones (excluding diaryl/α,β-unsaturated/α-hetero) is 1. The summed E-state index contributed by atoms with van der Waals surface area (Å²) >= 11 is 0. The van der Waals surface area contributed by atoms with Crippen LogP contribution in [-0.2, 0) is 23.9 Å². The van der Waals surface area contributed by atoms with Gasteiger partial charge in [-0.25, -0.2) is 0 Å². The topological polar surface area (TPSA) is 69.7 Å². The molecule has 204 valence electrons. The van der Waals surface area contributed by atoms with Crippen LogP contribution in [0.1, 0.15) is 112 Å². The van der Waals surface area contributed by atoms with Crippen LogP contribution in [0.5, 0.6) is 0 Å². The number of fused-ring (bicyclic) bond motifs is 5. The van der Waals surface area contributed by atoms with Crippen LogP contribution >= 0.6 is 0 Å². The van der Waals surface area contributed by atoms with Gasteiger partial charge in [-0.1, -0.05) is 51.2 Å². The lowest BCUT2D eigenvalue weighted by atomic mass is 9.47. The highest BCUT2D eigenvalue weighted by atomic mass is 16.6. The van der Waals surface area contributed by atoms with E-state index in [2.05, 4.69) is 32.9 Å². The zero-order valence-electron chi connectivity index (χ0n) is 23.6. The van der Waals surface area contributed by atoms with Crippen molar-refractivity contribution in [3.63, 3.8) is 0 Å². The summed E-state index contributed by atoms with van der Waals surface area (Å²) in [6.07, 6.45) is 16.5. The molecule has 5 heteroatoms. The van der Waals surface area contributed by atoms with Gasteiger partial charge in [0, 0.05) is 18.8 Å². The maximum absolute atomic E-state index is 13.0. The summed E-state index contributed by atoms with van der Waals surface area (Å²) in [4.78, 5) is 37.7. The van der Waals surface area contributed by atoms with Crippen molar-refractivity contribution in [3.8, 4) is 0 Å². The number of allylic oxidation sites excluding steroid dienone is 3. The van der Waals surface area contributed by atoms with Crippen LogP contribution in [-0.4, -0.2) is 29.4 Å². The monoisotopic (exact) mass is 510 g/mol. The second-order valence-electron chi connectivity index (χ2n) is 13.4. The number of hydrogen-bond acceptors (Lipinski definition) is 5. The third-order valence-electron chi connectivity index (χ3n) is 11.5. The Morgan fingerprint density at radius 1 is 0.919 bits per heavy atom. The molecular weight excluding hydrogens is 464 g/mol. The maximum atomic E-state index is 13.0. The predicted octanol–water partition coefficient (Wildman–Crippen LogP) is 6.89. The fourth-order valence-corrected chi connectivity index (χ4v) is 9.56. The largest absolute Gasteiger partial charge is 0.458 e. The first-order valence-corrected chi connectivity index (χ1v) is 14.8. The lowest BCUT2D eigenvalue weighted by molar-refractivity contribution is -0.185. The minimum Gasteiger partial charge on any atom is -0.458 e. The molecule has 0 saturated heterocycles. The molecule has 0 aromatic carbocycles. The molecule has 0 aromatic heterocycles. The molecule has 3 fully saturated rings. The summed E-state index contributed by atoms with van der Waals surface area (Å²) < 4.78 is 11.9. The van der Waals surface area contributed by atoms with Crippen LogP contribution in [0.25, 0.3) is 0 Å². The Balaban J connectivity index is 1.36. The van der Waals surface area contributed by atoms with Gasteiger partial charge in [0.1, 0.15) is 6.10 Å². The molecule has 0 bridgehead atoms. The molecule has 0 amide bonds. The molecule has 5 aliphatic carbocycles. The molecule has 37 heavy (non-hydrogen) atoms. The number of carbonyl (C=O) groups is 3. The van der Waals surface area contributed by atoms with Crippen LogP contribution in [0.15, 0.2) is 23.3 Å². The van der Waals surface area contributed by atoms with Crippen LogP contribution in [0.3, 0.4) is 0 Å². The fourth-order valence-electron chi connectivity index (χ4n) is 9.56. The van der Waals surface area contributed by atoms with Crippen molar-refractivity contribution < 1.29 is 23.9 Å². The Bertz CT molecular complexity index is 1020. The highest BCUT2D eigenvalue weighted by Crippen LogP contribution is 2.68. The second kappa shape index (κ2) is 9.68. The van der Waals surface area contributed by atoms with E-state index < -0.39 is 5.60 Å². The Kier molecular flexibility index (Phi) is 6.98. The maximum Gasteiger partial charge on any atom is 0.306 e. The van der Waals surface area contributed by atoms with Crippen LogP contribution in [0.2, 0.25) is 0 Å². The number of ether oxygens (including phenoxy) is 2. The van der Waals surface area contributed by atoms with Crippen molar-refractivity contribution in [1.82, 2.24) is 0 Å². The second-order valence-corrected chi connectivity index (χ2v) is 13.4. The van der Waals surface area contributed by atoms with E-state index in [4.69, 9.17) is 9.47 Å². The summed E-state index contributed by atoms with van der Waals surface area (Å²) in [5, 5.41) is 0. The quantitative estimate of drug-likeness (QED) is 0.364. The zero-order chi connectivity index (χ0) is 26.6. The Morgan fingerprint density at radius 2 is 1.62 bits per heavy atom. The van der Waals surface area contributed by atoms with E-state index in [0.29, 0.717) is 36.5 Å². The average molecular weight is 511 g/mol. The van der Waals surface area contributed by atoms with Gasteiger partial charge in [0.2, 0.25) is 0 Å². The van der Waals surface area contributed by atoms with Gasteiger partial charge >= 0.3 is 11.9 Å². The molecule has 0 N–H and O–H groups in total. The molecule has 0 unspecified atom stereocenters. The molecule has 7 atom stereocenters. The molecule has 0 spiro atoms. The first kappa shape index (κ1) is 26.7. The van der Waals surface area contributed by atoms with Gasteiger partial charge in [-0.3, -0.25) is 14.4 Å². The van der Waals surface area contributed by atoms with Crippen LogP contribution in [0.4, 0.5) is 0 Å². The smallest absolute Gasteiger partial charge is 0.306 e. The molecular formula is C32H46O5. The molecule has 0 aliphatic heterocycles. The first-order valence-electron chi connectivity index (χ1n) is 14.8. The first-order chi connectivity index (χ1) is 17.5. The highest BCUT2D eigenvalue weighted by Gasteiger charge is 2.67. The van der Waals surface area contributed by atoms with Gasteiger partial charge in [0.15, 0.2) is 11.4 Å². The van der Waals surface area contributed by atoms with E-state index >= 15 is 0 Å². The average Bonchev–Trinajstić information content (AvgIpc) is 3.45. The van der Waals surface area contributed by atoms with Crippen molar-refractivity contribution in [1.29, 1.82) is 0 Å². The van der Waals surface area contributed by atoms with Crippen molar-refractivity contribution in [2.45, 2.75) is 123 Å². The summed E-state index contributed by atoms with van der Waals surface area (Å²) in [7, 11) is 0. The number of carbonyl (C=O) groups excluding carboxylic acids is 3. The normalized spacial score (nSPS) is 41.1. The number of hydrogen-bond donors (Lipinski definition) is 0. The van der Waals surface area contributed by atoms with E-state index in [1.54, 1.807) is 6.92 Å². The minimum absolute atomic E-state index is 0.00953. The molecule has 5 aliphatic rings. The summed E-state index contributed by atoms with van der Waals surface area (Å²) in [5.74, 6) is 1.46. The lowest BCUT2D eigenvalue weighted by Gasteiger charge is -2.58. The fraction of sp³-hybridized carbons (Fsp3) is 0.781. The molecule has 0 radical (unpaired) electrons. The van der Waals surface area contributed by atoms with Gasteiger partial charge in [-0.2, -0.15) is 0 Å². The van der Waals surface area contributed by atoms with Crippen molar-refractivity contribution in [3.05, 3.63) is 23.3 Å². The Morgan fingerprint density at radius 3 is 2.30 bits per heavy atom. The summed E-state index contributed by atoms with van der Waals surface area (Å²) in [6, 6.07) is 0. The molecule has 3 saturated carbocycles. The van der Waals surface area contributed by atoms with Crippen molar-refractivity contribution in [2.75, 3.05) is 0 Å². The van der Waals surface area contributed by atoms with Gasteiger partial charge in [-0.05, 0) is 99.5 Å². The molecule has 5 nitrogen and oxygen atoms in total. The minimum atomic E-state index is -1.00. The van der Waals surface area contributed by atoms with Gasteiger partial charge < -0.3 is 9.47 Å². The van der Waals surface area contributed by atoms with Gasteiger partial charge in [0.25, 0.3) is 0 Å². The van der Waals surface area contributed by atoms with Crippen molar-refractivity contribution in [2.24, 2.45) is 34.5 Å². The molecule has 0 aromatic rings. The molecule has 5 rings (SSSR count). The molecule has 0 heterocycles. The highest BCUT2D eigenvalue weighted by molar-refractivity contribution is 5.89. The van der Waals surface area contributed by atoms with E-state index in [9.17, 15) is 14.4 Å².